The van der Waals surface area contributed by atoms with Crippen molar-refractivity contribution in [2.75, 3.05) is 13.1 Å². The molecule has 138 valence electrons. The highest BCUT2D eigenvalue weighted by Gasteiger charge is 2.37. The Labute approximate surface area is 154 Å². The van der Waals surface area contributed by atoms with Crippen LogP contribution in [0, 0.1) is 0 Å². The topological polar surface area (TPSA) is 49.9 Å². The Hall–Kier alpha value is -1.75. The smallest absolute Gasteiger partial charge is 0.410 e. The molecule has 1 heterocycles. The van der Waals surface area contributed by atoms with Gasteiger partial charge in [0.25, 0.3) is 5.91 Å². The van der Waals surface area contributed by atoms with E-state index in [4.69, 9.17) is 16.3 Å². The minimum atomic E-state index is -0.533. The van der Waals surface area contributed by atoms with Gasteiger partial charge in [-0.15, -0.1) is 0 Å². The summed E-state index contributed by atoms with van der Waals surface area (Å²) in [7, 11) is 0. The molecule has 0 aliphatic carbocycles. The van der Waals surface area contributed by atoms with Gasteiger partial charge in [0.1, 0.15) is 5.60 Å². The van der Waals surface area contributed by atoms with Gasteiger partial charge in [-0.2, -0.15) is 0 Å². The summed E-state index contributed by atoms with van der Waals surface area (Å²) in [5.41, 5.74) is 0.0789. The zero-order valence-electron chi connectivity index (χ0n) is 15.6. The standard InChI is InChI=1S/C19H27ClN2O3/c1-6-16-12-21(18(24)25-19(3,4)5)13(2)11-22(16)17(23)14-7-9-15(20)10-8-14/h7-10,13,16H,6,11-12H2,1-5H3/t13-,16+/m0/s1. The Bertz CT molecular complexity index is 625. The van der Waals surface area contributed by atoms with E-state index >= 15 is 0 Å². The fourth-order valence-electron chi connectivity index (χ4n) is 2.97. The van der Waals surface area contributed by atoms with Gasteiger partial charge < -0.3 is 14.5 Å². The lowest BCUT2D eigenvalue weighted by Gasteiger charge is -2.45. The first-order valence-corrected chi connectivity index (χ1v) is 9.06. The Morgan fingerprint density at radius 1 is 1.16 bits per heavy atom. The number of hydrogen-bond donors (Lipinski definition) is 0. The summed E-state index contributed by atoms with van der Waals surface area (Å²) in [6.45, 7) is 10.5. The fourth-order valence-corrected chi connectivity index (χ4v) is 3.10. The molecule has 2 amide bonds. The van der Waals surface area contributed by atoms with Crippen LogP contribution in [0.3, 0.4) is 0 Å². The van der Waals surface area contributed by atoms with Crippen LogP contribution in [0.5, 0.6) is 0 Å². The van der Waals surface area contributed by atoms with Crippen molar-refractivity contribution in [1.82, 2.24) is 9.80 Å². The molecular weight excluding hydrogens is 340 g/mol. The van der Waals surface area contributed by atoms with Crippen LogP contribution in [-0.4, -0.2) is 52.6 Å². The molecule has 0 spiro atoms. The summed E-state index contributed by atoms with van der Waals surface area (Å²) in [5.74, 6) is -0.0285. The molecule has 0 N–H and O–H groups in total. The first kappa shape index (κ1) is 19.6. The van der Waals surface area contributed by atoms with Gasteiger partial charge in [-0.05, 0) is 58.4 Å². The number of rotatable bonds is 2. The lowest BCUT2D eigenvalue weighted by Crippen LogP contribution is -2.60. The maximum absolute atomic E-state index is 12.9. The summed E-state index contributed by atoms with van der Waals surface area (Å²) in [5, 5.41) is 0.603. The maximum Gasteiger partial charge on any atom is 0.410 e. The van der Waals surface area contributed by atoms with E-state index in [-0.39, 0.29) is 24.1 Å². The SMILES string of the molecule is CC[C@@H]1CN(C(=O)OC(C)(C)C)[C@@H](C)CN1C(=O)c1ccc(Cl)cc1. The monoisotopic (exact) mass is 366 g/mol. The van der Waals surface area contributed by atoms with Crippen LogP contribution >= 0.6 is 11.6 Å². The molecular formula is C19H27ClN2O3. The van der Waals surface area contributed by atoms with Crippen molar-refractivity contribution in [2.45, 2.75) is 58.7 Å². The molecule has 6 heteroatoms. The molecule has 5 nitrogen and oxygen atoms in total. The number of benzene rings is 1. The molecule has 0 unspecified atom stereocenters. The molecule has 1 aliphatic heterocycles. The second-order valence-electron chi connectivity index (χ2n) is 7.51. The Morgan fingerprint density at radius 3 is 2.28 bits per heavy atom. The van der Waals surface area contributed by atoms with Crippen LogP contribution in [0.4, 0.5) is 4.79 Å². The van der Waals surface area contributed by atoms with Gasteiger partial charge in [0, 0.05) is 35.8 Å². The Morgan fingerprint density at radius 2 is 1.76 bits per heavy atom. The van der Waals surface area contributed by atoms with Crippen LogP contribution in [-0.2, 0) is 4.74 Å². The summed E-state index contributed by atoms with van der Waals surface area (Å²) < 4.78 is 5.50. The zero-order valence-corrected chi connectivity index (χ0v) is 16.3. The van der Waals surface area contributed by atoms with E-state index < -0.39 is 5.60 Å². The molecule has 25 heavy (non-hydrogen) atoms. The van der Waals surface area contributed by atoms with E-state index in [1.54, 1.807) is 29.2 Å². The van der Waals surface area contributed by atoms with E-state index in [0.717, 1.165) is 6.42 Å². The third kappa shape index (κ3) is 4.88. The molecule has 1 aliphatic rings. The van der Waals surface area contributed by atoms with Crippen LogP contribution in [0.15, 0.2) is 24.3 Å². The predicted molar refractivity (Wildman–Crippen MR) is 99.0 cm³/mol. The van der Waals surface area contributed by atoms with Crippen molar-refractivity contribution in [3.8, 4) is 0 Å². The zero-order chi connectivity index (χ0) is 18.8. The van der Waals surface area contributed by atoms with Gasteiger partial charge >= 0.3 is 6.09 Å². The lowest BCUT2D eigenvalue weighted by atomic mass is 10.0. The number of piperazine rings is 1. The van der Waals surface area contributed by atoms with E-state index in [2.05, 4.69) is 0 Å². The van der Waals surface area contributed by atoms with Crippen LogP contribution < -0.4 is 0 Å². The summed E-state index contributed by atoms with van der Waals surface area (Å²) in [6, 6.07) is 6.78. The molecule has 1 aromatic rings. The number of halogens is 1. The number of ether oxygens (including phenoxy) is 1. The maximum atomic E-state index is 12.9. The molecule has 2 atom stereocenters. The van der Waals surface area contributed by atoms with Crippen molar-refractivity contribution in [3.63, 3.8) is 0 Å². The first-order valence-electron chi connectivity index (χ1n) is 8.68. The fraction of sp³-hybridized carbons (Fsp3) is 0.579. The average Bonchev–Trinajstić information content (AvgIpc) is 2.53. The third-order valence-corrected chi connectivity index (χ3v) is 4.54. The van der Waals surface area contributed by atoms with Crippen LogP contribution in [0.25, 0.3) is 0 Å². The molecule has 0 radical (unpaired) electrons. The van der Waals surface area contributed by atoms with Crippen molar-refractivity contribution in [2.24, 2.45) is 0 Å². The van der Waals surface area contributed by atoms with Crippen molar-refractivity contribution in [3.05, 3.63) is 34.9 Å². The number of carbonyl (C=O) groups excluding carboxylic acids is 2. The summed E-state index contributed by atoms with van der Waals surface area (Å²) in [4.78, 5) is 28.9. The van der Waals surface area contributed by atoms with E-state index in [1.807, 2.05) is 39.5 Å². The highest BCUT2D eigenvalue weighted by molar-refractivity contribution is 6.30. The Balaban J connectivity index is 2.14. The van der Waals surface area contributed by atoms with Crippen LogP contribution in [0.2, 0.25) is 5.02 Å². The Kier molecular flexibility index (Phi) is 5.99. The third-order valence-electron chi connectivity index (χ3n) is 4.29. The normalized spacial score (nSPS) is 21.2. The molecule has 2 rings (SSSR count). The number of nitrogens with zero attached hydrogens (tertiary/aromatic N) is 2. The lowest BCUT2D eigenvalue weighted by molar-refractivity contribution is -0.0105. The van der Waals surface area contributed by atoms with Gasteiger partial charge in [0.2, 0.25) is 0 Å². The van der Waals surface area contributed by atoms with Crippen molar-refractivity contribution >= 4 is 23.6 Å². The molecule has 0 saturated carbocycles. The van der Waals surface area contributed by atoms with E-state index in [9.17, 15) is 9.59 Å². The molecule has 1 saturated heterocycles. The number of amides is 2. The van der Waals surface area contributed by atoms with Crippen molar-refractivity contribution in [1.29, 1.82) is 0 Å². The predicted octanol–water partition coefficient (Wildman–Crippen LogP) is 4.20. The summed E-state index contributed by atoms with van der Waals surface area (Å²) in [6.07, 6.45) is 0.447. The minimum Gasteiger partial charge on any atom is -0.444 e. The largest absolute Gasteiger partial charge is 0.444 e. The van der Waals surface area contributed by atoms with Gasteiger partial charge in [-0.25, -0.2) is 4.79 Å². The van der Waals surface area contributed by atoms with Crippen molar-refractivity contribution < 1.29 is 14.3 Å². The molecule has 1 fully saturated rings. The quantitative estimate of drug-likeness (QED) is 0.788. The highest BCUT2D eigenvalue weighted by atomic mass is 35.5. The average molecular weight is 367 g/mol. The highest BCUT2D eigenvalue weighted by Crippen LogP contribution is 2.23. The molecule has 1 aromatic carbocycles. The molecule has 0 bridgehead atoms. The van der Waals surface area contributed by atoms with E-state index in [0.29, 0.717) is 23.7 Å². The van der Waals surface area contributed by atoms with Gasteiger partial charge in [0.05, 0.1) is 0 Å². The summed E-state index contributed by atoms with van der Waals surface area (Å²) >= 11 is 5.90. The second-order valence-corrected chi connectivity index (χ2v) is 7.94. The first-order chi connectivity index (χ1) is 11.6. The van der Waals surface area contributed by atoms with Gasteiger partial charge in [-0.3, -0.25) is 4.79 Å². The minimum absolute atomic E-state index is 0.0285. The second kappa shape index (κ2) is 7.65. The number of carbonyl (C=O) groups is 2. The molecule has 0 aromatic heterocycles. The van der Waals surface area contributed by atoms with E-state index in [1.165, 1.54) is 0 Å². The van der Waals surface area contributed by atoms with Gasteiger partial charge in [-0.1, -0.05) is 18.5 Å². The van der Waals surface area contributed by atoms with Gasteiger partial charge in [0.15, 0.2) is 0 Å². The van der Waals surface area contributed by atoms with Crippen LogP contribution in [0.1, 0.15) is 51.4 Å². The number of hydrogen-bond acceptors (Lipinski definition) is 3.